The highest BCUT2D eigenvalue weighted by Gasteiger charge is 2.47. The zero-order chi connectivity index (χ0) is 11.9. The predicted octanol–water partition coefficient (Wildman–Crippen LogP) is 1.63. The van der Waals surface area contributed by atoms with Crippen LogP contribution < -0.4 is 5.32 Å². The molecule has 3 nitrogen and oxygen atoms in total. The molecular formula is C14H26N2O. The van der Waals surface area contributed by atoms with Crippen molar-refractivity contribution in [1.82, 2.24) is 10.2 Å². The van der Waals surface area contributed by atoms with Crippen LogP contribution in [0.4, 0.5) is 0 Å². The van der Waals surface area contributed by atoms with E-state index in [1.165, 1.54) is 38.8 Å². The van der Waals surface area contributed by atoms with Crippen LogP contribution >= 0.6 is 0 Å². The zero-order valence-electron chi connectivity index (χ0n) is 11.3. The maximum atomic E-state index is 5.72. The Morgan fingerprint density at radius 3 is 2.76 bits per heavy atom. The Labute approximate surface area is 105 Å². The van der Waals surface area contributed by atoms with Crippen LogP contribution in [0.3, 0.4) is 0 Å². The molecule has 0 amide bonds. The number of nitrogens with zero attached hydrogens (tertiary/aromatic N) is 1. The van der Waals surface area contributed by atoms with Crippen molar-refractivity contribution in [2.24, 2.45) is 5.92 Å². The molecule has 2 saturated heterocycles. The van der Waals surface area contributed by atoms with Gasteiger partial charge in [0, 0.05) is 37.3 Å². The fraction of sp³-hybridized carbons (Fsp3) is 1.00. The molecule has 1 saturated carbocycles. The standard InChI is InChI=1S/C14H26N2O/c1-13(6-3-9-17-11-13)16-8-7-15-14(2,10-16)12-4-5-12/h12,15H,3-11H2,1-2H3. The van der Waals surface area contributed by atoms with Crippen LogP contribution in [-0.4, -0.2) is 48.8 Å². The van der Waals surface area contributed by atoms with E-state index in [9.17, 15) is 0 Å². The van der Waals surface area contributed by atoms with Gasteiger partial charge >= 0.3 is 0 Å². The second-order valence-corrected chi connectivity index (χ2v) is 6.69. The Morgan fingerprint density at radius 2 is 2.12 bits per heavy atom. The van der Waals surface area contributed by atoms with Gasteiger partial charge in [-0.25, -0.2) is 0 Å². The topological polar surface area (TPSA) is 24.5 Å². The highest BCUT2D eigenvalue weighted by molar-refractivity contribution is 5.05. The van der Waals surface area contributed by atoms with Gasteiger partial charge in [0.1, 0.15) is 0 Å². The molecule has 2 unspecified atom stereocenters. The van der Waals surface area contributed by atoms with Crippen molar-refractivity contribution < 1.29 is 4.74 Å². The molecule has 98 valence electrons. The van der Waals surface area contributed by atoms with Gasteiger partial charge in [0.25, 0.3) is 0 Å². The molecule has 0 radical (unpaired) electrons. The van der Waals surface area contributed by atoms with Crippen molar-refractivity contribution in [3.05, 3.63) is 0 Å². The van der Waals surface area contributed by atoms with E-state index >= 15 is 0 Å². The third kappa shape index (κ3) is 2.25. The highest BCUT2D eigenvalue weighted by atomic mass is 16.5. The minimum atomic E-state index is 0.288. The second-order valence-electron chi connectivity index (χ2n) is 6.69. The lowest BCUT2D eigenvalue weighted by Gasteiger charge is -2.51. The van der Waals surface area contributed by atoms with Gasteiger partial charge in [-0.2, -0.15) is 0 Å². The SMILES string of the molecule is CC1(C2CC2)CN(C2(C)CCCOC2)CCN1. The average Bonchev–Trinajstić information content (AvgIpc) is 3.14. The summed E-state index contributed by atoms with van der Waals surface area (Å²) in [5.41, 5.74) is 0.648. The molecule has 3 fully saturated rings. The Balaban J connectivity index is 1.70. The predicted molar refractivity (Wildman–Crippen MR) is 69.2 cm³/mol. The van der Waals surface area contributed by atoms with Gasteiger partial charge in [-0.3, -0.25) is 4.90 Å². The van der Waals surface area contributed by atoms with Crippen molar-refractivity contribution in [3.8, 4) is 0 Å². The van der Waals surface area contributed by atoms with E-state index in [0.717, 1.165) is 25.7 Å². The summed E-state index contributed by atoms with van der Waals surface area (Å²) in [5, 5.41) is 3.76. The molecule has 1 N–H and O–H groups in total. The second kappa shape index (κ2) is 4.22. The van der Waals surface area contributed by atoms with E-state index in [2.05, 4.69) is 24.1 Å². The summed E-state index contributed by atoms with van der Waals surface area (Å²) in [5.74, 6) is 0.915. The first-order valence-electron chi connectivity index (χ1n) is 7.20. The van der Waals surface area contributed by atoms with Crippen molar-refractivity contribution in [3.63, 3.8) is 0 Å². The van der Waals surface area contributed by atoms with Crippen molar-refractivity contribution in [2.45, 2.75) is 50.6 Å². The van der Waals surface area contributed by atoms with E-state index in [1.807, 2.05) is 0 Å². The van der Waals surface area contributed by atoms with Gasteiger partial charge in [-0.1, -0.05) is 0 Å². The zero-order valence-corrected chi connectivity index (χ0v) is 11.3. The maximum Gasteiger partial charge on any atom is 0.0647 e. The van der Waals surface area contributed by atoms with Gasteiger partial charge in [-0.15, -0.1) is 0 Å². The van der Waals surface area contributed by atoms with Crippen LogP contribution in [0, 0.1) is 5.92 Å². The summed E-state index contributed by atoms with van der Waals surface area (Å²) in [7, 11) is 0. The molecule has 0 aromatic carbocycles. The number of hydrogen-bond donors (Lipinski definition) is 1. The Kier molecular flexibility index (Phi) is 2.96. The van der Waals surface area contributed by atoms with Crippen molar-refractivity contribution in [1.29, 1.82) is 0 Å². The first kappa shape index (κ1) is 11.9. The third-order valence-corrected chi connectivity index (χ3v) is 5.09. The monoisotopic (exact) mass is 238 g/mol. The lowest BCUT2D eigenvalue weighted by Crippen LogP contribution is -2.66. The molecule has 0 aromatic heterocycles. The summed E-state index contributed by atoms with van der Waals surface area (Å²) < 4.78 is 5.72. The molecule has 3 heteroatoms. The Hall–Kier alpha value is -0.120. The van der Waals surface area contributed by atoms with E-state index in [4.69, 9.17) is 4.74 Å². The maximum absolute atomic E-state index is 5.72. The fourth-order valence-electron chi connectivity index (χ4n) is 3.63. The normalized spacial score (nSPS) is 44.8. The highest BCUT2D eigenvalue weighted by Crippen LogP contribution is 2.42. The lowest BCUT2D eigenvalue weighted by molar-refractivity contribution is -0.0608. The van der Waals surface area contributed by atoms with Gasteiger partial charge < -0.3 is 10.1 Å². The van der Waals surface area contributed by atoms with E-state index in [-0.39, 0.29) is 5.54 Å². The van der Waals surface area contributed by atoms with Crippen molar-refractivity contribution >= 4 is 0 Å². The molecule has 2 aliphatic heterocycles. The largest absolute Gasteiger partial charge is 0.380 e. The number of rotatable bonds is 2. The number of ether oxygens (including phenoxy) is 1. The van der Waals surface area contributed by atoms with Crippen molar-refractivity contribution in [2.75, 3.05) is 32.8 Å². The first-order valence-corrected chi connectivity index (χ1v) is 7.20. The molecule has 0 bridgehead atoms. The summed E-state index contributed by atoms with van der Waals surface area (Å²) in [4.78, 5) is 2.70. The molecule has 1 aliphatic carbocycles. The molecule has 2 heterocycles. The van der Waals surface area contributed by atoms with Crippen LogP contribution in [0.2, 0.25) is 0 Å². The number of piperazine rings is 1. The van der Waals surface area contributed by atoms with E-state index in [1.54, 1.807) is 0 Å². The van der Waals surface area contributed by atoms with Gasteiger partial charge in [0.05, 0.1) is 6.61 Å². The smallest absolute Gasteiger partial charge is 0.0647 e. The molecule has 3 aliphatic rings. The van der Waals surface area contributed by atoms with Crippen LogP contribution in [0.25, 0.3) is 0 Å². The summed E-state index contributed by atoms with van der Waals surface area (Å²) in [6, 6.07) is 0. The minimum Gasteiger partial charge on any atom is -0.380 e. The molecule has 0 spiro atoms. The molecule has 17 heavy (non-hydrogen) atoms. The average molecular weight is 238 g/mol. The number of nitrogens with one attached hydrogen (secondary N) is 1. The van der Waals surface area contributed by atoms with Gasteiger partial charge in [-0.05, 0) is 45.4 Å². The summed E-state index contributed by atoms with van der Waals surface area (Å²) >= 11 is 0. The molecule has 3 rings (SSSR count). The molecule has 0 aromatic rings. The van der Waals surface area contributed by atoms with Crippen LogP contribution in [0.5, 0.6) is 0 Å². The Bertz CT molecular complexity index is 284. The quantitative estimate of drug-likeness (QED) is 0.791. The summed E-state index contributed by atoms with van der Waals surface area (Å²) in [6.07, 6.45) is 5.36. The third-order valence-electron chi connectivity index (χ3n) is 5.09. The molecule has 2 atom stereocenters. The van der Waals surface area contributed by atoms with E-state index < -0.39 is 0 Å². The van der Waals surface area contributed by atoms with Gasteiger partial charge in [0.2, 0.25) is 0 Å². The molecular weight excluding hydrogens is 212 g/mol. The van der Waals surface area contributed by atoms with Crippen LogP contribution in [0.15, 0.2) is 0 Å². The number of hydrogen-bond acceptors (Lipinski definition) is 3. The minimum absolute atomic E-state index is 0.288. The summed E-state index contributed by atoms with van der Waals surface area (Å²) in [6.45, 7) is 10.2. The van der Waals surface area contributed by atoms with Crippen LogP contribution in [-0.2, 0) is 4.74 Å². The fourth-order valence-corrected chi connectivity index (χ4v) is 3.63. The van der Waals surface area contributed by atoms with Crippen LogP contribution in [0.1, 0.15) is 39.5 Å². The lowest BCUT2D eigenvalue weighted by atomic mass is 9.86. The Morgan fingerprint density at radius 1 is 1.29 bits per heavy atom. The van der Waals surface area contributed by atoms with E-state index in [0.29, 0.717) is 5.54 Å². The first-order chi connectivity index (χ1) is 8.12. The van der Waals surface area contributed by atoms with Gasteiger partial charge in [0.15, 0.2) is 0 Å².